The minimum Gasteiger partial charge on any atom is -0.357 e. The number of nitrogens with one attached hydrogen (secondary N) is 2. The van der Waals surface area contributed by atoms with Crippen molar-refractivity contribution in [2.75, 3.05) is 31.1 Å². The van der Waals surface area contributed by atoms with Crippen LogP contribution in [-0.2, 0) is 19.6 Å². The third-order valence-electron chi connectivity index (χ3n) is 5.47. The number of carbonyl (C=O) groups is 1. The number of amides is 2. The van der Waals surface area contributed by atoms with Gasteiger partial charge < -0.3 is 15.5 Å². The monoisotopic (exact) mass is 395 g/mol. The molecular weight excluding hydrogens is 362 g/mol. The minimum atomic E-state index is -0.156. The average Bonchev–Trinajstić information content (AvgIpc) is 3.30. The van der Waals surface area contributed by atoms with Crippen LogP contribution in [0.2, 0.25) is 0 Å². The lowest BCUT2D eigenvalue weighted by Crippen LogP contribution is -2.34. The van der Waals surface area contributed by atoms with Crippen molar-refractivity contribution in [1.82, 2.24) is 20.5 Å². The SMILES string of the molecule is CCN(CC)Cc1ccc(CNC(=O)NCc2ccnc(N3CCCC3)c2)cc1. The average molecular weight is 396 g/mol. The first-order chi connectivity index (χ1) is 14.2. The van der Waals surface area contributed by atoms with E-state index >= 15 is 0 Å². The summed E-state index contributed by atoms with van der Waals surface area (Å²) in [5.41, 5.74) is 3.47. The van der Waals surface area contributed by atoms with Crippen LogP contribution in [0.3, 0.4) is 0 Å². The van der Waals surface area contributed by atoms with Gasteiger partial charge in [0.25, 0.3) is 0 Å². The summed E-state index contributed by atoms with van der Waals surface area (Å²) in [6.07, 6.45) is 4.27. The van der Waals surface area contributed by atoms with Crippen molar-refractivity contribution in [2.45, 2.75) is 46.3 Å². The summed E-state index contributed by atoms with van der Waals surface area (Å²) in [5, 5.41) is 5.87. The molecule has 2 N–H and O–H groups in total. The van der Waals surface area contributed by atoms with E-state index in [4.69, 9.17) is 0 Å². The predicted octanol–water partition coefficient (Wildman–Crippen LogP) is 3.52. The minimum absolute atomic E-state index is 0.156. The van der Waals surface area contributed by atoms with Crippen LogP contribution in [0.4, 0.5) is 10.6 Å². The number of anilines is 1. The van der Waals surface area contributed by atoms with Crippen LogP contribution in [0, 0.1) is 0 Å². The molecule has 0 bridgehead atoms. The summed E-state index contributed by atoms with van der Waals surface area (Å²) >= 11 is 0. The van der Waals surface area contributed by atoms with Crippen molar-refractivity contribution in [3.63, 3.8) is 0 Å². The molecule has 2 amide bonds. The maximum Gasteiger partial charge on any atom is 0.315 e. The van der Waals surface area contributed by atoms with Crippen molar-refractivity contribution in [2.24, 2.45) is 0 Å². The predicted molar refractivity (Wildman–Crippen MR) is 118 cm³/mol. The van der Waals surface area contributed by atoms with Crippen LogP contribution >= 0.6 is 0 Å². The lowest BCUT2D eigenvalue weighted by atomic mass is 10.1. The molecule has 156 valence electrons. The zero-order valence-electron chi connectivity index (χ0n) is 17.7. The standard InChI is InChI=1S/C23H33N5O/c1-3-27(4-2)18-20-9-7-19(8-10-20)16-25-23(29)26-17-21-11-12-24-22(15-21)28-13-5-6-14-28/h7-12,15H,3-6,13-14,16-18H2,1-2H3,(H2,25,26,29). The summed E-state index contributed by atoms with van der Waals surface area (Å²) in [6, 6.07) is 12.3. The zero-order valence-corrected chi connectivity index (χ0v) is 17.7. The molecule has 0 unspecified atom stereocenters. The van der Waals surface area contributed by atoms with Gasteiger partial charge in [-0.1, -0.05) is 38.1 Å². The van der Waals surface area contributed by atoms with Crippen molar-refractivity contribution >= 4 is 11.8 Å². The van der Waals surface area contributed by atoms with Crippen molar-refractivity contribution in [3.05, 3.63) is 59.3 Å². The first-order valence-corrected chi connectivity index (χ1v) is 10.7. The maximum atomic E-state index is 12.2. The van der Waals surface area contributed by atoms with Crippen molar-refractivity contribution in [1.29, 1.82) is 0 Å². The molecule has 6 heteroatoms. The fraction of sp³-hybridized carbons (Fsp3) is 0.478. The molecular formula is C23H33N5O. The van der Waals surface area contributed by atoms with E-state index in [1.54, 1.807) is 0 Å². The van der Waals surface area contributed by atoms with E-state index in [0.717, 1.165) is 49.7 Å². The van der Waals surface area contributed by atoms with Crippen LogP contribution in [0.1, 0.15) is 43.4 Å². The highest BCUT2D eigenvalue weighted by Gasteiger charge is 2.13. The Kier molecular flexibility index (Phi) is 7.87. The van der Waals surface area contributed by atoms with Gasteiger partial charge >= 0.3 is 6.03 Å². The van der Waals surface area contributed by atoms with Gasteiger partial charge in [0.2, 0.25) is 0 Å². The molecule has 2 aromatic rings. The van der Waals surface area contributed by atoms with Crippen LogP contribution in [0.15, 0.2) is 42.6 Å². The quantitative estimate of drug-likeness (QED) is 0.682. The number of hydrogen-bond acceptors (Lipinski definition) is 4. The van der Waals surface area contributed by atoms with Gasteiger partial charge in [0.1, 0.15) is 5.82 Å². The van der Waals surface area contributed by atoms with E-state index in [1.165, 1.54) is 18.4 Å². The van der Waals surface area contributed by atoms with Gasteiger partial charge in [-0.3, -0.25) is 4.90 Å². The first-order valence-electron chi connectivity index (χ1n) is 10.7. The first kappa shape index (κ1) is 21.1. The van der Waals surface area contributed by atoms with E-state index in [1.807, 2.05) is 12.3 Å². The van der Waals surface area contributed by atoms with Crippen molar-refractivity contribution < 1.29 is 4.79 Å². The number of benzene rings is 1. The normalized spacial score (nSPS) is 13.7. The molecule has 1 aromatic heterocycles. The molecule has 1 aromatic carbocycles. The van der Waals surface area contributed by atoms with Gasteiger partial charge in [-0.15, -0.1) is 0 Å². The second-order valence-electron chi connectivity index (χ2n) is 7.53. The molecule has 2 heterocycles. The summed E-state index contributed by atoms with van der Waals surface area (Å²) in [5.74, 6) is 1.01. The van der Waals surface area contributed by atoms with Gasteiger partial charge in [0, 0.05) is 38.9 Å². The highest BCUT2D eigenvalue weighted by molar-refractivity contribution is 5.73. The maximum absolute atomic E-state index is 12.2. The molecule has 29 heavy (non-hydrogen) atoms. The summed E-state index contributed by atoms with van der Waals surface area (Å²) in [7, 11) is 0. The molecule has 3 rings (SSSR count). The topological polar surface area (TPSA) is 60.5 Å². The molecule has 0 saturated carbocycles. The Morgan fingerprint density at radius 1 is 0.966 bits per heavy atom. The summed E-state index contributed by atoms with van der Waals surface area (Å²) in [4.78, 5) is 21.3. The third kappa shape index (κ3) is 6.46. The largest absolute Gasteiger partial charge is 0.357 e. The van der Waals surface area contributed by atoms with E-state index in [0.29, 0.717) is 13.1 Å². The van der Waals surface area contributed by atoms with E-state index in [9.17, 15) is 4.79 Å². The molecule has 6 nitrogen and oxygen atoms in total. The molecule has 1 aliphatic rings. The Labute approximate surface area is 174 Å². The number of hydrogen-bond donors (Lipinski definition) is 2. The molecule has 1 fully saturated rings. The van der Waals surface area contributed by atoms with Gasteiger partial charge in [-0.25, -0.2) is 9.78 Å². The summed E-state index contributed by atoms with van der Waals surface area (Å²) < 4.78 is 0. The smallest absolute Gasteiger partial charge is 0.315 e. The summed E-state index contributed by atoms with van der Waals surface area (Å²) in [6.45, 7) is 10.6. The van der Waals surface area contributed by atoms with Gasteiger partial charge in [0.15, 0.2) is 0 Å². The molecule has 0 radical (unpaired) electrons. The Hall–Kier alpha value is -2.60. The highest BCUT2D eigenvalue weighted by atomic mass is 16.2. The van der Waals surface area contributed by atoms with Crippen LogP contribution in [-0.4, -0.2) is 42.1 Å². The number of nitrogens with zero attached hydrogens (tertiary/aromatic N) is 3. The number of carbonyl (C=O) groups excluding carboxylic acids is 1. The number of urea groups is 1. The number of pyridine rings is 1. The zero-order chi connectivity index (χ0) is 20.5. The Morgan fingerprint density at radius 3 is 2.24 bits per heavy atom. The fourth-order valence-electron chi connectivity index (χ4n) is 3.58. The lowest BCUT2D eigenvalue weighted by molar-refractivity contribution is 0.240. The Balaban J connectivity index is 1.42. The molecule has 0 aliphatic carbocycles. The Bertz CT molecular complexity index is 767. The highest BCUT2D eigenvalue weighted by Crippen LogP contribution is 2.18. The van der Waals surface area contributed by atoms with Gasteiger partial charge in [-0.05, 0) is 54.8 Å². The van der Waals surface area contributed by atoms with Gasteiger partial charge in [-0.2, -0.15) is 0 Å². The van der Waals surface area contributed by atoms with Crippen LogP contribution < -0.4 is 15.5 Å². The molecule has 0 atom stereocenters. The molecule has 0 spiro atoms. The third-order valence-corrected chi connectivity index (χ3v) is 5.47. The van der Waals surface area contributed by atoms with Crippen LogP contribution in [0.25, 0.3) is 0 Å². The number of rotatable bonds is 9. The van der Waals surface area contributed by atoms with E-state index < -0.39 is 0 Å². The molecule has 1 saturated heterocycles. The lowest BCUT2D eigenvalue weighted by Gasteiger charge is -2.18. The Morgan fingerprint density at radius 2 is 1.59 bits per heavy atom. The van der Waals surface area contributed by atoms with Crippen LogP contribution in [0.5, 0.6) is 0 Å². The van der Waals surface area contributed by atoms with E-state index in [-0.39, 0.29) is 6.03 Å². The van der Waals surface area contributed by atoms with Crippen molar-refractivity contribution in [3.8, 4) is 0 Å². The van der Waals surface area contributed by atoms with E-state index in [2.05, 4.69) is 69.6 Å². The second kappa shape index (κ2) is 10.8. The number of aromatic nitrogens is 1. The second-order valence-corrected chi connectivity index (χ2v) is 7.53. The fourth-order valence-corrected chi connectivity index (χ4v) is 3.58. The molecule has 1 aliphatic heterocycles. The van der Waals surface area contributed by atoms with Gasteiger partial charge in [0.05, 0.1) is 0 Å².